The molecule has 1 atom stereocenters. The van der Waals surface area contributed by atoms with E-state index in [1.165, 1.54) is 77.0 Å². The molecule has 5 nitrogen and oxygen atoms in total. The number of rotatable bonds is 28. The maximum absolute atomic E-state index is 12.1. The second kappa shape index (κ2) is 29.9. The minimum atomic E-state index is -0.771. The normalized spacial score (nSPS) is 12.4. The number of hydrogen-bond donors (Lipinski definition) is 1. The molecule has 0 fully saturated rings. The fraction of sp³-hybridized carbons (Fsp3) is 0.818. The Kier molecular flexibility index (Phi) is 28.7. The van der Waals surface area contributed by atoms with Gasteiger partial charge < -0.3 is 14.6 Å². The third kappa shape index (κ3) is 27.4. The van der Waals surface area contributed by atoms with E-state index in [0.29, 0.717) is 12.8 Å². The van der Waals surface area contributed by atoms with Crippen LogP contribution in [0.1, 0.15) is 155 Å². The molecule has 1 N–H and O–H groups in total. The number of unbranched alkanes of at least 4 members (excludes halogenated alkanes) is 16. The van der Waals surface area contributed by atoms with Gasteiger partial charge in [0.2, 0.25) is 0 Å². The number of hydrogen-bond acceptors (Lipinski definition) is 5. The monoisotopic (exact) mass is 536 g/mol. The summed E-state index contributed by atoms with van der Waals surface area (Å²) in [4.78, 5) is 24.0. The van der Waals surface area contributed by atoms with Crippen LogP contribution in [0, 0.1) is 0 Å². The molecule has 0 bridgehead atoms. The highest BCUT2D eigenvalue weighted by Gasteiger charge is 2.16. The molecule has 0 aromatic carbocycles. The first-order chi connectivity index (χ1) is 18.6. The molecule has 0 radical (unpaired) electrons. The standard InChI is InChI=1S/C33H60O5/c1-3-5-7-9-11-13-15-16-17-18-20-22-24-26-28-33(36)38-31(29-34)30-37-32(35)27-25-23-21-19-14-12-10-8-6-4-2/h9,11,15-16,31,34H,3-8,10,12-14,17-30H2,1-2H3/b11-9-,16-15-/t31-/m0/s1. The summed E-state index contributed by atoms with van der Waals surface area (Å²) in [5.41, 5.74) is 0. The molecule has 38 heavy (non-hydrogen) atoms. The summed E-state index contributed by atoms with van der Waals surface area (Å²) >= 11 is 0. The predicted molar refractivity (Wildman–Crippen MR) is 159 cm³/mol. The largest absolute Gasteiger partial charge is 0.462 e. The minimum Gasteiger partial charge on any atom is -0.462 e. The zero-order valence-corrected chi connectivity index (χ0v) is 24.9. The topological polar surface area (TPSA) is 72.8 Å². The van der Waals surface area contributed by atoms with Crippen molar-refractivity contribution in [1.29, 1.82) is 0 Å². The predicted octanol–water partition coefficient (Wildman–Crippen LogP) is 9.17. The van der Waals surface area contributed by atoms with Crippen molar-refractivity contribution in [1.82, 2.24) is 0 Å². The quantitative estimate of drug-likeness (QED) is 0.0613. The molecular formula is C33H60O5. The van der Waals surface area contributed by atoms with Crippen molar-refractivity contribution in [2.45, 2.75) is 161 Å². The maximum atomic E-state index is 12.1. The van der Waals surface area contributed by atoms with Gasteiger partial charge in [-0.15, -0.1) is 0 Å². The fourth-order valence-corrected chi connectivity index (χ4v) is 4.27. The van der Waals surface area contributed by atoms with Gasteiger partial charge in [-0.1, -0.05) is 128 Å². The van der Waals surface area contributed by atoms with Crippen LogP contribution >= 0.6 is 0 Å². The van der Waals surface area contributed by atoms with Gasteiger partial charge in [-0.3, -0.25) is 9.59 Å². The van der Waals surface area contributed by atoms with Crippen molar-refractivity contribution in [3.63, 3.8) is 0 Å². The van der Waals surface area contributed by atoms with Gasteiger partial charge in [0, 0.05) is 12.8 Å². The lowest BCUT2D eigenvalue weighted by Gasteiger charge is -2.15. The van der Waals surface area contributed by atoms with Crippen LogP contribution in [0.15, 0.2) is 24.3 Å². The fourth-order valence-electron chi connectivity index (χ4n) is 4.27. The average molecular weight is 537 g/mol. The summed E-state index contributed by atoms with van der Waals surface area (Å²) in [5, 5.41) is 9.47. The molecule has 0 aliphatic heterocycles. The van der Waals surface area contributed by atoms with E-state index in [2.05, 4.69) is 38.2 Å². The first kappa shape index (κ1) is 36.4. The number of ether oxygens (including phenoxy) is 2. The Morgan fingerprint density at radius 3 is 1.63 bits per heavy atom. The van der Waals surface area contributed by atoms with E-state index >= 15 is 0 Å². The highest BCUT2D eigenvalue weighted by Crippen LogP contribution is 2.12. The van der Waals surface area contributed by atoms with Crippen LogP contribution in [-0.2, 0) is 19.1 Å². The number of esters is 2. The molecule has 0 saturated heterocycles. The smallest absolute Gasteiger partial charge is 0.306 e. The van der Waals surface area contributed by atoms with Crippen LogP contribution in [-0.4, -0.2) is 36.4 Å². The highest BCUT2D eigenvalue weighted by molar-refractivity contribution is 5.70. The van der Waals surface area contributed by atoms with Crippen LogP contribution in [0.5, 0.6) is 0 Å². The lowest BCUT2D eigenvalue weighted by Crippen LogP contribution is -2.28. The van der Waals surface area contributed by atoms with E-state index in [9.17, 15) is 14.7 Å². The molecule has 0 aliphatic carbocycles. The van der Waals surface area contributed by atoms with Gasteiger partial charge in [0.1, 0.15) is 6.61 Å². The van der Waals surface area contributed by atoms with Gasteiger partial charge in [0.25, 0.3) is 0 Å². The van der Waals surface area contributed by atoms with Crippen molar-refractivity contribution in [2.24, 2.45) is 0 Å². The molecule has 0 aliphatic rings. The van der Waals surface area contributed by atoms with Crippen molar-refractivity contribution < 1.29 is 24.2 Å². The van der Waals surface area contributed by atoms with Crippen LogP contribution in [0.2, 0.25) is 0 Å². The van der Waals surface area contributed by atoms with E-state index in [0.717, 1.165) is 51.4 Å². The van der Waals surface area contributed by atoms with E-state index < -0.39 is 6.10 Å². The van der Waals surface area contributed by atoms with Crippen LogP contribution < -0.4 is 0 Å². The van der Waals surface area contributed by atoms with E-state index in [-0.39, 0.29) is 25.2 Å². The van der Waals surface area contributed by atoms with Crippen molar-refractivity contribution >= 4 is 11.9 Å². The van der Waals surface area contributed by atoms with E-state index in [1.54, 1.807) is 0 Å². The molecule has 222 valence electrons. The Morgan fingerprint density at radius 2 is 1.08 bits per heavy atom. The van der Waals surface area contributed by atoms with E-state index in [1.807, 2.05) is 0 Å². The van der Waals surface area contributed by atoms with Gasteiger partial charge >= 0.3 is 11.9 Å². The summed E-state index contributed by atoms with van der Waals surface area (Å²) in [7, 11) is 0. The molecule has 0 spiro atoms. The zero-order chi connectivity index (χ0) is 27.9. The van der Waals surface area contributed by atoms with Crippen molar-refractivity contribution in [3.8, 4) is 0 Å². The molecular weight excluding hydrogens is 476 g/mol. The van der Waals surface area contributed by atoms with Gasteiger partial charge in [0.05, 0.1) is 6.61 Å². The Morgan fingerprint density at radius 1 is 0.605 bits per heavy atom. The van der Waals surface area contributed by atoms with Gasteiger partial charge in [0.15, 0.2) is 6.10 Å². The number of carbonyl (C=O) groups excluding carboxylic acids is 2. The summed E-state index contributed by atoms with van der Waals surface area (Å²) in [6.07, 6.45) is 32.2. The van der Waals surface area contributed by atoms with E-state index in [4.69, 9.17) is 9.47 Å². The van der Waals surface area contributed by atoms with Crippen LogP contribution in [0.3, 0.4) is 0 Å². The first-order valence-corrected chi connectivity index (χ1v) is 15.9. The summed E-state index contributed by atoms with van der Waals surface area (Å²) < 4.78 is 10.5. The lowest BCUT2D eigenvalue weighted by atomic mass is 10.1. The molecule has 0 heterocycles. The Labute approximate surface area is 234 Å². The van der Waals surface area contributed by atoms with Gasteiger partial charge in [-0.25, -0.2) is 0 Å². The second-order valence-electron chi connectivity index (χ2n) is 10.5. The number of aliphatic hydroxyl groups excluding tert-OH is 1. The molecule has 0 aromatic heterocycles. The molecule has 5 heteroatoms. The Bertz CT molecular complexity index is 584. The van der Waals surface area contributed by atoms with Crippen LogP contribution in [0.25, 0.3) is 0 Å². The summed E-state index contributed by atoms with van der Waals surface area (Å²) in [6.45, 7) is 4.05. The van der Waals surface area contributed by atoms with Crippen molar-refractivity contribution in [3.05, 3.63) is 24.3 Å². The molecule has 0 unspecified atom stereocenters. The maximum Gasteiger partial charge on any atom is 0.306 e. The third-order valence-electron chi connectivity index (χ3n) is 6.75. The molecule has 0 aromatic rings. The highest BCUT2D eigenvalue weighted by atomic mass is 16.6. The molecule has 0 saturated carbocycles. The lowest BCUT2D eigenvalue weighted by molar-refractivity contribution is -0.161. The second-order valence-corrected chi connectivity index (χ2v) is 10.5. The first-order valence-electron chi connectivity index (χ1n) is 15.9. The molecule has 0 amide bonds. The number of allylic oxidation sites excluding steroid dienone is 4. The zero-order valence-electron chi connectivity index (χ0n) is 24.9. The van der Waals surface area contributed by atoms with Crippen LogP contribution in [0.4, 0.5) is 0 Å². The average Bonchev–Trinajstić information content (AvgIpc) is 2.92. The minimum absolute atomic E-state index is 0.0686. The third-order valence-corrected chi connectivity index (χ3v) is 6.75. The SMILES string of the molecule is CCCC/C=C\C/C=C\CCCCCCCC(=O)O[C@@H](CO)COC(=O)CCCCCCCCCCCC. The Hall–Kier alpha value is -1.62. The number of carbonyl (C=O) groups is 2. The summed E-state index contributed by atoms with van der Waals surface area (Å²) in [5.74, 6) is -0.609. The summed E-state index contributed by atoms with van der Waals surface area (Å²) in [6, 6.07) is 0. The van der Waals surface area contributed by atoms with Gasteiger partial charge in [-0.2, -0.15) is 0 Å². The number of aliphatic hydroxyl groups is 1. The van der Waals surface area contributed by atoms with Gasteiger partial charge in [-0.05, 0) is 38.5 Å². The Balaban J connectivity index is 3.62. The molecule has 0 rings (SSSR count). The van der Waals surface area contributed by atoms with Crippen molar-refractivity contribution in [2.75, 3.05) is 13.2 Å².